The summed E-state index contributed by atoms with van der Waals surface area (Å²) in [5.74, 6) is 0.205. The van der Waals surface area contributed by atoms with E-state index in [1.165, 1.54) is 5.56 Å². The van der Waals surface area contributed by atoms with Gasteiger partial charge in [-0.3, -0.25) is 0 Å². The molecule has 1 atom stereocenters. The van der Waals surface area contributed by atoms with Crippen LogP contribution in [0.3, 0.4) is 0 Å². The average Bonchev–Trinajstić information content (AvgIpc) is 2.78. The maximum absolute atomic E-state index is 12.4. The first kappa shape index (κ1) is 20.8. The van der Waals surface area contributed by atoms with Crippen molar-refractivity contribution in [2.24, 2.45) is 0 Å². The number of hydrogen-bond donors (Lipinski definition) is 0. The standard InChI is InChI=1S/C26H28O3/c1-4-5-6-20-7-9-24(10-8-20)26(27)29-25-17-15-23(16-18-25)22-13-11-21(12-14-22)19(2)28-3/h7-19H,4-6H2,1-3H3. The van der Waals surface area contributed by atoms with Gasteiger partial charge in [-0.15, -0.1) is 0 Å². The Hall–Kier alpha value is -2.91. The minimum Gasteiger partial charge on any atom is -0.423 e. The van der Waals surface area contributed by atoms with Gasteiger partial charge in [0.25, 0.3) is 0 Å². The van der Waals surface area contributed by atoms with Gasteiger partial charge in [0.05, 0.1) is 11.7 Å². The lowest BCUT2D eigenvalue weighted by Crippen LogP contribution is -2.08. The van der Waals surface area contributed by atoms with E-state index in [0.717, 1.165) is 36.0 Å². The van der Waals surface area contributed by atoms with Gasteiger partial charge in [0.2, 0.25) is 0 Å². The Bertz CT molecular complexity index is 910. The maximum atomic E-state index is 12.4. The van der Waals surface area contributed by atoms with Gasteiger partial charge >= 0.3 is 5.97 Å². The first-order valence-corrected chi connectivity index (χ1v) is 10.1. The first-order chi connectivity index (χ1) is 14.1. The molecule has 1 unspecified atom stereocenters. The van der Waals surface area contributed by atoms with Crippen molar-refractivity contribution in [3.8, 4) is 16.9 Å². The number of carbonyl (C=O) groups excluding carboxylic acids is 1. The van der Waals surface area contributed by atoms with Gasteiger partial charge in [0.1, 0.15) is 5.75 Å². The molecule has 0 heterocycles. The molecule has 3 nitrogen and oxygen atoms in total. The van der Waals surface area contributed by atoms with E-state index in [2.05, 4.69) is 31.2 Å². The van der Waals surface area contributed by atoms with Crippen LogP contribution >= 0.6 is 0 Å². The Morgan fingerprint density at radius 1 is 0.862 bits per heavy atom. The molecule has 0 amide bonds. The molecule has 0 saturated heterocycles. The van der Waals surface area contributed by atoms with Crippen molar-refractivity contribution in [3.63, 3.8) is 0 Å². The van der Waals surface area contributed by atoms with Crippen molar-refractivity contribution in [1.29, 1.82) is 0 Å². The molecule has 3 aromatic carbocycles. The number of esters is 1. The van der Waals surface area contributed by atoms with Crippen LogP contribution in [-0.4, -0.2) is 13.1 Å². The van der Waals surface area contributed by atoms with E-state index < -0.39 is 0 Å². The number of unbranched alkanes of at least 4 members (excludes halogenated alkanes) is 1. The summed E-state index contributed by atoms with van der Waals surface area (Å²) in [6, 6.07) is 23.6. The molecule has 0 fully saturated rings. The monoisotopic (exact) mass is 388 g/mol. The highest BCUT2D eigenvalue weighted by atomic mass is 16.5. The van der Waals surface area contributed by atoms with Crippen molar-refractivity contribution < 1.29 is 14.3 Å². The summed E-state index contributed by atoms with van der Waals surface area (Å²) >= 11 is 0. The van der Waals surface area contributed by atoms with E-state index >= 15 is 0 Å². The normalized spacial score (nSPS) is 11.8. The zero-order valence-electron chi connectivity index (χ0n) is 17.4. The molecule has 0 aliphatic heterocycles. The lowest BCUT2D eigenvalue weighted by Gasteiger charge is -2.11. The number of hydrogen-bond acceptors (Lipinski definition) is 3. The van der Waals surface area contributed by atoms with Crippen LogP contribution in [0.1, 0.15) is 54.3 Å². The van der Waals surface area contributed by atoms with Gasteiger partial charge in [-0.05, 0) is 66.3 Å². The molecule has 0 radical (unpaired) electrons. The molecular weight excluding hydrogens is 360 g/mol. The van der Waals surface area contributed by atoms with Crippen LogP contribution in [0.5, 0.6) is 5.75 Å². The van der Waals surface area contributed by atoms with Crippen molar-refractivity contribution in [2.75, 3.05) is 7.11 Å². The van der Waals surface area contributed by atoms with Gasteiger partial charge in [0, 0.05) is 7.11 Å². The predicted molar refractivity (Wildman–Crippen MR) is 117 cm³/mol. The third-order valence-corrected chi connectivity index (χ3v) is 5.14. The minimum absolute atomic E-state index is 0.0755. The number of rotatable bonds is 8. The molecule has 0 aliphatic carbocycles. The lowest BCUT2D eigenvalue weighted by atomic mass is 10.0. The van der Waals surface area contributed by atoms with Crippen LogP contribution in [0.25, 0.3) is 11.1 Å². The molecular formula is C26H28O3. The summed E-state index contributed by atoms with van der Waals surface area (Å²) in [4.78, 5) is 12.4. The smallest absolute Gasteiger partial charge is 0.343 e. The Kier molecular flexibility index (Phi) is 7.20. The maximum Gasteiger partial charge on any atom is 0.343 e. The Morgan fingerprint density at radius 2 is 1.45 bits per heavy atom. The molecule has 0 saturated carbocycles. The largest absolute Gasteiger partial charge is 0.423 e. The van der Waals surface area contributed by atoms with E-state index in [1.807, 2.05) is 55.5 Å². The van der Waals surface area contributed by atoms with Crippen molar-refractivity contribution >= 4 is 5.97 Å². The number of methoxy groups -OCH3 is 1. The summed E-state index contributed by atoms with van der Waals surface area (Å²) in [7, 11) is 1.71. The van der Waals surface area contributed by atoms with Gasteiger partial charge in [-0.1, -0.05) is 61.9 Å². The predicted octanol–water partition coefficient (Wildman–Crippen LogP) is 6.62. The van der Waals surface area contributed by atoms with E-state index in [9.17, 15) is 4.79 Å². The van der Waals surface area contributed by atoms with E-state index in [-0.39, 0.29) is 12.1 Å². The number of benzene rings is 3. The number of aryl methyl sites for hydroxylation is 1. The molecule has 3 aromatic rings. The van der Waals surface area contributed by atoms with E-state index in [1.54, 1.807) is 7.11 Å². The molecule has 0 aliphatic rings. The Balaban J connectivity index is 1.63. The van der Waals surface area contributed by atoms with E-state index in [0.29, 0.717) is 11.3 Å². The third kappa shape index (κ3) is 5.55. The molecule has 3 heteroatoms. The highest BCUT2D eigenvalue weighted by Crippen LogP contribution is 2.25. The average molecular weight is 389 g/mol. The quantitative estimate of drug-likeness (QED) is 0.321. The van der Waals surface area contributed by atoms with Crippen LogP contribution in [-0.2, 0) is 11.2 Å². The van der Waals surface area contributed by atoms with Crippen LogP contribution in [0.4, 0.5) is 0 Å². The SMILES string of the molecule is CCCCc1ccc(C(=O)Oc2ccc(-c3ccc(C(C)OC)cc3)cc2)cc1. The molecule has 0 aromatic heterocycles. The van der Waals surface area contributed by atoms with E-state index in [4.69, 9.17) is 9.47 Å². The second-order valence-electron chi connectivity index (χ2n) is 7.21. The first-order valence-electron chi connectivity index (χ1n) is 10.1. The van der Waals surface area contributed by atoms with Crippen molar-refractivity contribution in [3.05, 3.63) is 89.5 Å². The van der Waals surface area contributed by atoms with Gasteiger partial charge in [0.15, 0.2) is 0 Å². The Morgan fingerprint density at radius 3 is 2.00 bits per heavy atom. The summed E-state index contributed by atoms with van der Waals surface area (Å²) in [6.07, 6.45) is 3.44. The minimum atomic E-state index is -0.335. The number of ether oxygens (including phenoxy) is 2. The molecule has 29 heavy (non-hydrogen) atoms. The fraction of sp³-hybridized carbons (Fsp3) is 0.269. The lowest BCUT2D eigenvalue weighted by molar-refractivity contribution is 0.0734. The highest BCUT2D eigenvalue weighted by molar-refractivity contribution is 5.91. The fourth-order valence-corrected chi connectivity index (χ4v) is 3.15. The zero-order chi connectivity index (χ0) is 20.6. The summed E-state index contributed by atoms with van der Waals surface area (Å²) < 4.78 is 10.9. The van der Waals surface area contributed by atoms with Crippen LogP contribution in [0, 0.1) is 0 Å². The summed E-state index contributed by atoms with van der Waals surface area (Å²) in [5.41, 5.74) is 5.14. The fourth-order valence-electron chi connectivity index (χ4n) is 3.15. The van der Waals surface area contributed by atoms with Gasteiger partial charge in [-0.2, -0.15) is 0 Å². The zero-order valence-corrected chi connectivity index (χ0v) is 17.4. The number of carbonyl (C=O) groups is 1. The molecule has 0 spiro atoms. The summed E-state index contributed by atoms with van der Waals surface area (Å²) in [6.45, 7) is 4.20. The second kappa shape index (κ2) is 10.0. The molecule has 0 bridgehead atoms. The van der Waals surface area contributed by atoms with Gasteiger partial charge < -0.3 is 9.47 Å². The second-order valence-corrected chi connectivity index (χ2v) is 7.21. The molecule has 0 N–H and O–H groups in total. The third-order valence-electron chi connectivity index (χ3n) is 5.14. The molecule has 3 rings (SSSR count). The Labute approximate surface area is 173 Å². The highest BCUT2D eigenvalue weighted by Gasteiger charge is 2.09. The van der Waals surface area contributed by atoms with Crippen molar-refractivity contribution in [1.82, 2.24) is 0 Å². The molecule has 150 valence electrons. The van der Waals surface area contributed by atoms with Crippen LogP contribution in [0.2, 0.25) is 0 Å². The van der Waals surface area contributed by atoms with Crippen LogP contribution in [0.15, 0.2) is 72.8 Å². The topological polar surface area (TPSA) is 35.5 Å². The van der Waals surface area contributed by atoms with Gasteiger partial charge in [-0.25, -0.2) is 4.79 Å². The van der Waals surface area contributed by atoms with Crippen molar-refractivity contribution in [2.45, 2.75) is 39.2 Å². The van der Waals surface area contributed by atoms with Crippen LogP contribution < -0.4 is 4.74 Å². The summed E-state index contributed by atoms with van der Waals surface area (Å²) in [5, 5.41) is 0.